The molecule has 1 unspecified atom stereocenters. The minimum Gasteiger partial charge on any atom is -0.344 e. The van der Waals surface area contributed by atoms with Crippen LogP contribution in [0.25, 0.3) is 11.3 Å². The normalized spacial score (nSPS) is 18.0. The van der Waals surface area contributed by atoms with E-state index >= 15 is 0 Å². The number of imidazole rings is 1. The van der Waals surface area contributed by atoms with Gasteiger partial charge in [-0.3, -0.25) is 0 Å². The van der Waals surface area contributed by atoms with E-state index in [1.54, 1.807) is 0 Å². The highest BCUT2D eigenvalue weighted by molar-refractivity contribution is 5.69. The van der Waals surface area contributed by atoms with Gasteiger partial charge in [0.1, 0.15) is 5.82 Å². The Kier molecular flexibility index (Phi) is 2.07. The molecule has 2 aromatic rings. The molecular weight excluding hydrogens is 198 g/mol. The SMILES string of the molecule is CC1Cc2[nH]c(CN)nc2-c2ccccc21. The molecule has 0 saturated carbocycles. The summed E-state index contributed by atoms with van der Waals surface area (Å²) >= 11 is 0. The van der Waals surface area contributed by atoms with E-state index in [0.29, 0.717) is 12.5 Å². The number of nitrogens with two attached hydrogens (primary N) is 1. The van der Waals surface area contributed by atoms with Crippen LogP contribution in [0.3, 0.4) is 0 Å². The number of nitrogens with one attached hydrogen (secondary N) is 1. The zero-order valence-electron chi connectivity index (χ0n) is 9.33. The number of aromatic nitrogens is 2. The summed E-state index contributed by atoms with van der Waals surface area (Å²) in [4.78, 5) is 7.88. The first kappa shape index (κ1) is 9.60. The number of hydrogen-bond donors (Lipinski definition) is 2. The molecule has 1 aromatic heterocycles. The van der Waals surface area contributed by atoms with Crippen molar-refractivity contribution in [2.45, 2.75) is 25.8 Å². The molecule has 0 radical (unpaired) electrons. The standard InChI is InChI=1S/C13H15N3/c1-8-6-11-13(16-12(7-14)15-11)10-5-3-2-4-9(8)10/h2-5,8H,6-7,14H2,1H3,(H,15,16). The summed E-state index contributed by atoms with van der Waals surface area (Å²) in [5.74, 6) is 1.43. The maximum absolute atomic E-state index is 5.62. The van der Waals surface area contributed by atoms with Crippen LogP contribution in [0, 0.1) is 0 Å². The number of benzene rings is 1. The van der Waals surface area contributed by atoms with Gasteiger partial charge < -0.3 is 10.7 Å². The minimum atomic E-state index is 0.476. The number of fused-ring (bicyclic) bond motifs is 3. The van der Waals surface area contributed by atoms with Gasteiger partial charge in [-0.15, -0.1) is 0 Å². The highest BCUT2D eigenvalue weighted by atomic mass is 15.0. The monoisotopic (exact) mass is 213 g/mol. The molecule has 16 heavy (non-hydrogen) atoms. The third-order valence-electron chi connectivity index (χ3n) is 3.28. The number of rotatable bonds is 1. The van der Waals surface area contributed by atoms with Crippen LogP contribution in [0.15, 0.2) is 24.3 Å². The second-order valence-corrected chi connectivity index (χ2v) is 4.41. The van der Waals surface area contributed by atoms with Gasteiger partial charge in [0.25, 0.3) is 0 Å². The fraction of sp³-hybridized carbons (Fsp3) is 0.308. The van der Waals surface area contributed by atoms with E-state index in [9.17, 15) is 0 Å². The molecule has 3 heteroatoms. The Balaban J connectivity index is 2.22. The molecule has 0 bridgehead atoms. The molecule has 1 aliphatic rings. The zero-order valence-corrected chi connectivity index (χ0v) is 9.33. The highest BCUT2D eigenvalue weighted by Crippen LogP contribution is 2.37. The first-order valence-electron chi connectivity index (χ1n) is 5.66. The van der Waals surface area contributed by atoms with Gasteiger partial charge in [-0.2, -0.15) is 0 Å². The topological polar surface area (TPSA) is 54.7 Å². The smallest absolute Gasteiger partial charge is 0.120 e. The van der Waals surface area contributed by atoms with Crippen molar-refractivity contribution in [3.05, 3.63) is 41.3 Å². The summed E-state index contributed by atoms with van der Waals surface area (Å²) in [6, 6.07) is 8.50. The molecule has 1 aliphatic carbocycles. The Bertz CT molecular complexity index is 528. The Labute approximate surface area is 94.7 Å². The Morgan fingerprint density at radius 1 is 1.44 bits per heavy atom. The minimum absolute atomic E-state index is 0.476. The van der Waals surface area contributed by atoms with E-state index in [4.69, 9.17) is 5.73 Å². The van der Waals surface area contributed by atoms with Crippen LogP contribution in [0.2, 0.25) is 0 Å². The molecule has 3 rings (SSSR count). The lowest BCUT2D eigenvalue weighted by atomic mass is 9.85. The first-order valence-corrected chi connectivity index (χ1v) is 5.66. The molecule has 0 aliphatic heterocycles. The van der Waals surface area contributed by atoms with Gasteiger partial charge in [0.2, 0.25) is 0 Å². The quantitative estimate of drug-likeness (QED) is 0.763. The predicted molar refractivity (Wildman–Crippen MR) is 64.0 cm³/mol. The number of nitrogens with zero attached hydrogens (tertiary/aromatic N) is 1. The highest BCUT2D eigenvalue weighted by Gasteiger charge is 2.24. The zero-order chi connectivity index (χ0) is 11.1. The maximum atomic E-state index is 5.62. The molecule has 1 aromatic carbocycles. The van der Waals surface area contributed by atoms with Gasteiger partial charge in [-0.1, -0.05) is 31.2 Å². The Morgan fingerprint density at radius 2 is 2.25 bits per heavy atom. The van der Waals surface area contributed by atoms with E-state index in [2.05, 4.69) is 41.2 Å². The van der Waals surface area contributed by atoms with Crippen LogP contribution in [0.4, 0.5) is 0 Å². The van der Waals surface area contributed by atoms with Crippen LogP contribution in [-0.2, 0) is 13.0 Å². The Hall–Kier alpha value is -1.61. The molecule has 0 amide bonds. The second kappa shape index (κ2) is 3.46. The van der Waals surface area contributed by atoms with Gasteiger partial charge in [0.15, 0.2) is 0 Å². The summed E-state index contributed by atoms with van der Waals surface area (Å²) < 4.78 is 0. The van der Waals surface area contributed by atoms with Gasteiger partial charge in [-0.25, -0.2) is 4.98 Å². The van der Waals surface area contributed by atoms with Gasteiger partial charge >= 0.3 is 0 Å². The van der Waals surface area contributed by atoms with Crippen molar-refractivity contribution >= 4 is 0 Å². The molecule has 1 atom stereocenters. The van der Waals surface area contributed by atoms with Crippen molar-refractivity contribution in [3.63, 3.8) is 0 Å². The average Bonchev–Trinajstić information content (AvgIpc) is 2.72. The molecule has 3 N–H and O–H groups in total. The molecular formula is C13H15N3. The maximum Gasteiger partial charge on any atom is 0.120 e. The predicted octanol–water partition coefficient (Wildman–Crippen LogP) is 2.20. The van der Waals surface area contributed by atoms with Crippen LogP contribution in [-0.4, -0.2) is 9.97 Å². The summed E-state index contributed by atoms with van der Waals surface area (Å²) in [7, 11) is 0. The van der Waals surface area contributed by atoms with Gasteiger partial charge in [0.05, 0.1) is 12.2 Å². The first-order chi connectivity index (χ1) is 7.79. The van der Waals surface area contributed by atoms with E-state index in [1.165, 1.54) is 16.8 Å². The summed E-state index contributed by atoms with van der Waals surface area (Å²) in [6.07, 6.45) is 1.03. The number of aromatic amines is 1. The summed E-state index contributed by atoms with van der Waals surface area (Å²) in [5.41, 5.74) is 10.6. The molecule has 0 fully saturated rings. The summed E-state index contributed by atoms with van der Waals surface area (Å²) in [5, 5.41) is 0. The fourth-order valence-corrected chi connectivity index (χ4v) is 2.49. The second-order valence-electron chi connectivity index (χ2n) is 4.41. The van der Waals surface area contributed by atoms with E-state index in [-0.39, 0.29) is 0 Å². The summed E-state index contributed by atoms with van der Waals surface area (Å²) in [6.45, 7) is 2.73. The third-order valence-corrected chi connectivity index (χ3v) is 3.28. The number of hydrogen-bond acceptors (Lipinski definition) is 2. The molecule has 0 spiro atoms. The Morgan fingerprint density at radius 3 is 3.06 bits per heavy atom. The van der Waals surface area contributed by atoms with Crippen LogP contribution in [0.5, 0.6) is 0 Å². The van der Waals surface area contributed by atoms with Crippen molar-refractivity contribution in [1.82, 2.24) is 9.97 Å². The number of H-pyrrole nitrogens is 1. The molecule has 1 heterocycles. The lowest BCUT2D eigenvalue weighted by Gasteiger charge is -2.21. The van der Waals surface area contributed by atoms with Crippen molar-refractivity contribution in [2.24, 2.45) is 5.73 Å². The van der Waals surface area contributed by atoms with Crippen molar-refractivity contribution in [2.75, 3.05) is 0 Å². The van der Waals surface area contributed by atoms with Crippen molar-refractivity contribution in [1.29, 1.82) is 0 Å². The largest absolute Gasteiger partial charge is 0.344 e. The molecule has 0 saturated heterocycles. The van der Waals surface area contributed by atoms with Gasteiger partial charge in [0, 0.05) is 11.3 Å². The van der Waals surface area contributed by atoms with Crippen LogP contribution < -0.4 is 5.73 Å². The van der Waals surface area contributed by atoms with Crippen LogP contribution >= 0.6 is 0 Å². The van der Waals surface area contributed by atoms with Crippen molar-refractivity contribution < 1.29 is 0 Å². The van der Waals surface area contributed by atoms with Gasteiger partial charge in [-0.05, 0) is 17.9 Å². The van der Waals surface area contributed by atoms with E-state index in [1.807, 2.05) is 0 Å². The lowest BCUT2D eigenvalue weighted by Crippen LogP contribution is -2.07. The molecule has 3 nitrogen and oxygen atoms in total. The van der Waals surface area contributed by atoms with Crippen LogP contribution in [0.1, 0.15) is 29.9 Å². The van der Waals surface area contributed by atoms with E-state index < -0.39 is 0 Å². The molecule has 82 valence electrons. The average molecular weight is 213 g/mol. The van der Waals surface area contributed by atoms with Crippen molar-refractivity contribution in [3.8, 4) is 11.3 Å². The lowest BCUT2D eigenvalue weighted by molar-refractivity contribution is 0.732. The third kappa shape index (κ3) is 1.28. The fourth-order valence-electron chi connectivity index (χ4n) is 2.49. The van der Waals surface area contributed by atoms with E-state index in [0.717, 1.165) is 17.9 Å².